The molecule has 3 aromatic rings. The Bertz CT molecular complexity index is 1260. The summed E-state index contributed by atoms with van der Waals surface area (Å²) >= 11 is 0. The summed E-state index contributed by atoms with van der Waals surface area (Å²) in [6, 6.07) is 25.2. The van der Waals surface area contributed by atoms with E-state index in [9.17, 15) is 19.5 Å². The van der Waals surface area contributed by atoms with Gasteiger partial charge in [0.1, 0.15) is 18.7 Å². The van der Waals surface area contributed by atoms with Crippen molar-refractivity contribution in [2.75, 3.05) is 26.4 Å². The number of hydrogen-bond donors (Lipinski definition) is 2. The second-order valence-electron chi connectivity index (χ2n) is 9.38. The minimum Gasteiger partial charge on any atom is -0.480 e. The number of hydrogen-bond acceptors (Lipinski definition) is 5. The summed E-state index contributed by atoms with van der Waals surface area (Å²) in [5.74, 6) is -1.77. The largest absolute Gasteiger partial charge is 0.480 e. The van der Waals surface area contributed by atoms with E-state index in [1.54, 1.807) is 0 Å². The van der Waals surface area contributed by atoms with E-state index in [4.69, 9.17) is 9.47 Å². The van der Waals surface area contributed by atoms with Crippen LogP contribution in [0.4, 0.5) is 4.79 Å². The van der Waals surface area contributed by atoms with Gasteiger partial charge in [-0.1, -0.05) is 78.9 Å². The molecule has 8 heteroatoms. The highest BCUT2D eigenvalue weighted by molar-refractivity contribution is 5.92. The number of carbonyl (C=O) groups excluding carboxylic acids is 2. The lowest BCUT2D eigenvalue weighted by molar-refractivity contribution is -0.148. The van der Waals surface area contributed by atoms with Crippen molar-refractivity contribution in [3.8, 4) is 11.1 Å². The molecule has 37 heavy (non-hydrogen) atoms. The smallest absolute Gasteiger partial charge is 0.408 e. The molecule has 1 aliphatic heterocycles. The second-order valence-corrected chi connectivity index (χ2v) is 9.38. The molecule has 2 aliphatic rings. The molecule has 3 aromatic carbocycles. The normalized spacial score (nSPS) is 18.1. The Morgan fingerprint density at radius 2 is 1.57 bits per heavy atom. The molecule has 0 spiro atoms. The van der Waals surface area contributed by atoms with Crippen LogP contribution in [-0.2, 0) is 25.6 Å². The molecule has 1 atom stereocenters. The van der Waals surface area contributed by atoms with E-state index in [-0.39, 0.29) is 38.7 Å². The van der Waals surface area contributed by atoms with Crippen LogP contribution in [0.3, 0.4) is 0 Å². The van der Waals surface area contributed by atoms with Gasteiger partial charge in [0.05, 0.1) is 6.61 Å². The van der Waals surface area contributed by atoms with Crippen molar-refractivity contribution in [2.24, 2.45) is 0 Å². The average Bonchev–Trinajstić information content (AvgIpc) is 3.50. The van der Waals surface area contributed by atoms with Gasteiger partial charge in [-0.05, 0) is 27.8 Å². The van der Waals surface area contributed by atoms with Gasteiger partial charge in [-0.3, -0.25) is 9.59 Å². The standard InChI is InChI=1S/C29H28N2O6/c32-26(33)17-31(16-20-8-2-1-3-9-20)27(34)29(14-15-36-19-29)30-28(35)37-18-25-23-12-6-4-10-21(23)22-11-5-7-13-24(22)25/h1-13,25H,14-19H2,(H,30,35)(H,32,33). The molecule has 1 saturated heterocycles. The lowest BCUT2D eigenvalue weighted by Crippen LogP contribution is -2.61. The third kappa shape index (κ3) is 5.06. The van der Waals surface area contributed by atoms with Crippen LogP contribution in [0.1, 0.15) is 29.0 Å². The molecule has 0 bridgehead atoms. The number of amides is 2. The maximum Gasteiger partial charge on any atom is 0.408 e. The number of benzene rings is 3. The van der Waals surface area contributed by atoms with Crippen LogP contribution in [0.5, 0.6) is 0 Å². The maximum atomic E-state index is 13.6. The summed E-state index contributed by atoms with van der Waals surface area (Å²) in [5.41, 5.74) is 3.80. The van der Waals surface area contributed by atoms with E-state index in [1.807, 2.05) is 66.7 Å². The summed E-state index contributed by atoms with van der Waals surface area (Å²) in [4.78, 5) is 39.5. The van der Waals surface area contributed by atoms with E-state index in [1.165, 1.54) is 4.90 Å². The lowest BCUT2D eigenvalue weighted by Gasteiger charge is -2.33. The van der Waals surface area contributed by atoms with Crippen LogP contribution in [-0.4, -0.2) is 59.9 Å². The van der Waals surface area contributed by atoms with Gasteiger partial charge in [-0.25, -0.2) is 4.79 Å². The fourth-order valence-corrected chi connectivity index (χ4v) is 5.18. The van der Waals surface area contributed by atoms with Crippen LogP contribution >= 0.6 is 0 Å². The second kappa shape index (κ2) is 10.4. The topological polar surface area (TPSA) is 105 Å². The van der Waals surface area contributed by atoms with Crippen molar-refractivity contribution in [2.45, 2.75) is 24.4 Å². The predicted molar refractivity (Wildman–Crippen MR) is 136 cm³/mol. The first-order valence-electron chi connectivity index (χ1n) is 12.2. The Hall–Kier alpha value is -4.17. The van der Waals surface area contributed by atoms with Crippen LogP contribution in [0.2, 0.25) is 0 Å². The first-order valence-corrected chi connectivity index (χ1v) is 12.2. The molecule has 1 aliphatic carbocycles. The molecular formula is C29H28N2O6. The SMILES string of the molecule is O=C(O)CN(Cc1ccccc1)C(=O)C1(NC(=O)OCC2c3ccccc3-c3ccccc32)CCOC1. The molecule has 0 aromatic heterocycles. The minimum absolute atomic E-state index is 0.0546. The highest BCUT2D eigenvalue weighted by Crippen LogP contribution is 2.44. The zero-order valence-electron chi connectivity index (χ0n) is 20.3. The van der Waals surface area contributed by atoms with Gasteiger partial charge in [-0.2, -0.15) is 0 Å². The number of rotatable bonds is 8. The number of carbonyl (C=O) groups is 3. The number of carboxylic acids is 1. The molecular weight excluding hydrogens is 472 g/mol. The first-order chi connectivity index (χ1) is 18.0. The van der Waals surface area contributed by atoms with Crippen LogP contribution in [0.25, 0.3) is 11.1 Å². The van der Waals surface area contributed by atoms with Crippen LogP contribution in [0.15, 0.2) is 78.9 Å². The van der Waals surface area contributed by atoms with Crippen molar-refractivity contribution >= 4 is 18.0 Å². The molecule has 5 rings (SSSR count). The van der Waals surface area contributed by atoms with Gasteiger partial charge in [0.15, 0.2) is 0 Å². The third-order valence-electron chi connectivity index (χ3n) is 6.95. The fraction of sp³-hybridized carbons (Fsp3) is 0.276. The number of fused-ring (bicyclic) bond motifs is 3. The molecule has 1 fully saturated rings. The van der Waals surface area contributed by atoms with Crippen molar-refractivity contribution in [1.29, 1.82) is 0 Å². The lowest BCUT2D eigenvalue weighted by atomic mass is 9.96. The van der Waals surface area contributed by atoms with E-state index in [0.717, 1.165) is 27.8 Å². The monoisotopic (exact) mass is 500 g/mol. The van der Waals surface area contributed by atoms with Gasteiger partial charge in [0.25, 0.3) is 5.91 Å². The highest BCUT2D eigenvalue weighted by atomic mass is 16.6. The maximum absolute atomic E-state index is 13.6. The Labute approximate surface area is 214 Å². The third-order valence-corrected chi connectivity index (χ3v) is 6.95. The predicted octanol–water partition coefficient (Wildman–Crippen LogP) is 3.80. The molecule has 2 N–H and O–H groups in total. The summed E-state index contributed by atoms with van der Waals surface area (Å²) in [6.45, 7) is -0.0850. The van der Waals surface area contributed by atoms with Crippen molar-refractivity contribution in [3.05, 3.63) is 95.6 Å². The Morgan fingerprint density at radius 3 is 2.16 bits per heavy atom. The van der Waals surface area contributed by atoms with Crippen LogP contribution in [0, 0.1) is 0 Å². The number of ether oxygens (including phenoxy) is 2. The van der Waals surface area contributed by atoms with Crippen molar-refractivity contribution in [3.63, 3.8) is 0 Å². The van der Waals surface area contributed by atoms with Gasteiger partial charge in [-0.15, -0.1) is 0 Å². The fourth-order valence-electron chi connectivity index (χ4n) is 5.18. The summed E-state index contributed by atoms with van der Waals surface area (Å²) in [6.07, 6.45) is -0.517. The molecule has 0 saturated carbocycles. The minimum atomic E-state index is -1.40. The molecule has 190 valence electrons. The number of alkyl carbamates (subject to hydrolysis) is 1. The highest BCUT2D eigenvalue weighted by Gasteiger charge is 2.47. The summed E-state index contributed by atoms with van der Waals surface area (Å²) < 4.78 is 11.2. The van der Waals surface area contributed by atoms with Crippen molar-refractivity contribution < 1.29 is 29.0 Å². The quantitative estimate of drug-likeness (QED) is 0.488. The van der Waals surface area contributed by atoms with E-state index in [0.29, 0.717) is 0 Å². The first kappa shape index (κ1) is 24.5. The zero-order valence-corrected chi connectivity index (χ0v) is 20.3. The number of nitrogens with zero attached hydrogens (tertiary/aromatic N) is 1. The van der Waals surface area contributed by atoms with E-state index >= 15 is 0 Å². The molecule has 0 radical (unpaired) electrons. The van der Waals surface area contributed by atoms with Crippen molar-refractivity contribution in [1.82, 2.24) is 10.2 Å². The van der Waals surface area contributed by atoms with Crippen LogP contribution < -0.4 is 5.32 Å². The molecule has 1 unspecified atom stereocenters. The zero-order chi connectivity index (χ0) is 25.8. The van der Waals surface area contributed by atoms with E-state index < -0.39 is 30.1 Å². The van der Waals surface area contributed by atoms with Gasteiger partial charge in [0.2, 0.25) is 0 Å². The summed E-state index contributed by atoms with van der Waals surface area (Å²) in [5, 5.41) is 12.2. The molecule has 2 amide bonds. The molecule has 8 nitrogen and oxygen atoms in total. The summed E-state index contributed by atoms with van der Waals surface area (Å²) in [7, 11) is 0. The Kier molecular flexibility index (Phi) is 6.92. The van der Waals surface area contributed by atoms with Gasteiger partial charge in [0, 0.05) is 25.5 Å². The number of aliphatic carboxylic acids is 1. The van der Waals surface area contributed by atoms with Gasteiger partial charge < -0.3 is 24.8 Å². The van der Waals surface area contributed by atoms with Gasteiger partial charge >= 0.3 is 12.1 Å². The Morgan fingerprint density at radius 1 is 0.946 bits per heavy atom. The average molecular weight is 501 g/mol. The number of carboxylic acid groups (broad SMARTS) is 1. The van der Waals surface area contributed by atoms with E-state index in [2.05, 4.69) is 17.4 Å². The Balaban J connectivity index is 1.31. The number of nitrogens with one attached hydrogen (secondary N) is 1. The molecule has 1 heterocycles.